The molecule has 6 nitrogen and oxygen atoms in total. The predicted octanol–water partition coefficient (Wildman–Crippen LogP) is 4.89. The summed E-state index contributed by atoms with van der Waals surface area (Å²) in [7, 11) is 1.62. The first-order valence-corrected chi connectivity index (χ1v) is 9.46. The van der Waals surface area contributed by atoms with Crippen molar-refractivity contribution < 1.29 is 19.0 Å². The summed E-state index contributed by atoms with van der Waals surface area (Å²) < 4.78 is 16.1. The van der Waals surface area contributed by atoms with Gasteiger partial charge < -0.3 is 19.5 Å². The maximum atomic E-state index is 13.2. The molecule has 4 aromatic rings. The second kappa shape index (κ2) is 7.40. The van der Waals surface area contributed by atoms with Gasteiger partial charge in [-0.05, 0) is 36.4 Å². The standard InChI is InChI=1S/C24H18N2O4/c1-28-17-6-4-5-15(11-17)21-13-19(18-7-2-3-8-20(18)26-21)24(27)25-16-9-10-22-23(12-16)30-14-29-22/h2-13H,14H2,1H3,(H,25,27). The van der Waals surface area contributed by atoms with Crippen molar-refractivity contribution in [2.24, 2.45) is 0 Å². The first-order valence-electron chi connectivity index (χ1n) is 9.46. The number of nitrogens with one attached hydrogen (secondary N) is 1. The molecule has 1 aromatic heterocycles. The van der Waals surface area contributed by atoms with Crippen LogP contribution in [0.25, 0.3) is 22.2 Å². The fourth-order valence-corrected chi connectivity index (χ4v) is 3.47. The highest BCUT2D eigenvalue weighted by Gasteiger charge is 2.17. The summed E-state index contributed by atoms with van der Waals surface area (Å²) in [5.41, 5.74) is 3.48. The number of amides is 1. The van der Waals surface area contributed by atoms with Gasteiger partial charge in [-0.15, -0.1) is 0 Å². The first kappa shape index (κ1) is 18.0. The number of para-hydroxylation sites is 1. The van der Waals surface area contributed by atoms with Crippen molar-refractivity contribution >= 4 is 22.5 Å². The van der Waals surface area contributed by atoms with E-state index in [1.807, 2.05) is 48.5 Å². The predicted molar refractivity (Wildman–Crippen MR) is 114 cm³/mol. The lowest BCUT2D eigenvalue weighted by molar-refractivity contribution is 0.102. The maximum Gasteiger partial charge on any atom is 0.256 e. The van der Waals surface area contributed by atoms with Gasteiger partial charge in [-0.25, -0.2) is 4.98 Å². The quantitative estimate of drug-likeness (QED) is 0.530. The monoisotopic (exact) mass is 398 g/mol. The molecule has 0 fully saturated rings. The van der Waals surface area contributed by atoms with E-state index in [4.69, 9.17) is 19.2 Å². The minimum Gasteiger partial charge on any atom is -0.497 e. The third-order valence-corrected chi connectivity index (χ3v) is 4.96. The lowest BCUT2D eigenvalue weighted by Crippen LogP contribution is -2.13. The van der Waals surface area contributed by atoms with Crippen LogP contribution in [0.5, 0.6) is 17.2 Å². The Labute approximate surface area is 173 Å². The van der Waals surface area contributed by atoms with Crippen LogP contribution in [0, 0.1) is 0 Å². The van der Waals surface area contributed by atoms with E-state index in [1.165, 1.54) is 0 Å². The van der Waals surface area contributed by atoms with Gasteiger partial charge in [-0.3, -0.25) is 4.79 Å². The number of ether oxygens (including phenoxy) is 3. The molecule has 0 unspecified atom stereocenters. The summed E-state index contributed by atoms with van der Waals surface area (Å²) in [6.45, 7) is 0.186. The molecular weight excluding hydrogens is 380 g/mol. The SMILES string of the molecule is COc1cccc(-c2cc(C(=O)Nc3ccc4c(c3)OCO4)c3ccccc3n2)c1. The lowest BCUT2D eigenvalue weighted by atomic mass is 10.0. The van der Waals surface area contributed by atoms with Crippen molar-refractivity contribution in [3.8, 4) is 28.5 Å². The number of anilines is 1. The van der Waals surface area contributed by atoms with Gasteiger partial charge in [-0.1, -0.05) is 30.3 Å². The Morgan fingerprint density at radius 1 is 0.967 bits per heavy atom. The van der Waals surface area contributed by atoms with Gasteiger partial charge in [0.15, 0.2) is 11.5 Å². The number of carbonyl (C=O) groups excluding carboxylic acids is 1. The van der Waals surface area contributed by atoms with Crippen molar-refractivity contribution in [1.82, 2.24) is 4.98 Å². The molecule has 6 heteroatoms. The van der Waals surface area contributed by atoms with Gasteiger partial charge >= 0.3 is 0 Å². The van der Waals surface area contributed by atoms with E-state index in [-0.39, 0.29) is 12.7 Å². The third-order valence-electron chi connectivity index (χ3n) is 4.96. The molecule has 30 heavy (non-hydrogen) atoms. The van der Waals surface area contributed by atoms with Crippen LogP contribution in [0.3, 0.4) is 0 Å². The molecule has 2 heterocycles. The Kier molecular flexibility index (Phi) is 4.44. The highest BCUT2D eigenvalue weighted by molar-refractivity contribution is 6.13. The van der Waals surface area contributed by atoms with E-state index in [0.29, 0.717) is 28.4 Å². The summed E-state index contributed by atoms with van der Waals surface area (Å²) in [5.74, 6) is 1.79. The lowest BCUT2D eigenvalue weighted by Gasteiger charge is -2.11. The van der Waals surface area contributed by atoms with Crippen LogP contribution in [0.4, 0.5) is 5.69 Å². The molecule has 0 saturated heterocycles. The van der Waals surface area contributed by atoms with E-state index >= 15 is 0 Å². The molecule has 1 aliphatic heterocycles. The molecule has 5 rings (SSSR count). The van der Waals surface area contributed by atoms with E-state index in [0.717, 1.165) is 22.2 Å². The van der Waals surface area contributed by atoms with Crippen LogP contribution in [0.15, 0.2) is 72.8 Å². The van der Waals surface area contributed by atoms with E-state index in [2.05, 4.69) is 5.32 Å². The minimum absolute atomic E-state index is 0.186. The molecule has 0 radical (unpaired) electrons. The maximum absolute atomic E-state index is 13.2. The fourth-order valence-electron chi connectivity index (χ4n) is 3.47. The molecule has 0 saturated carbocycles. The van der Waals surface area contributed by atoms with E-state index in [1.54, 1.807) is 31.4 Å². The van der Waals surface area contributed by atoms with Crippen LogP contribution >= 0.6 is 0 Å². The number of fused-ring (bicyclic) bond motifs is 2. The number of methoxy groups -OCH3 is 1. The first-order chi connectivity index (χ1) is 14.7. The van der Waals surface area contributed by atoms with Crippen LogP contribution in [-0.4, -0.2) is 24.8 Å². The second-order valence-corrected chi connectivity index (χ2v) is 6.83. The molecule has 1 N–H and O–H groups in total. The van der Waals surface area contributed by atoms with Crippen LogP contribution in [0.2, 0.25) is 0 Å². The number of aromatic nitrogens is 1. The zero-order valence-corrected chi connectivity index (χ0v) is 16.2. The summed E-state index contributed by atoms with van der Waals surface area (Å²) >= 11 is 0. The largest absolute Gasteiger partial charge is 0.497 e. The summed E-state index contributed by atoms with van der Waals surface area (Å²) in [5, 5.41) is 3.73. The Bertz CT molecular complexity index is 1270. The molecule has 3 aromatic carbocycles. The number of benzene rings is 3. The molecule has 1 aliphatic rings. The van der Waals surface area contributed by atoms with Crippen molar-refractivity contribution in [2.45, 2.75) is 0 Å². The van der Waals surface area contributed by atoms with Gasteiger partial charge in [0, 0.05) is 22.7 Å². The van der Waals surface area contributed by atoms with Gasteiger partial charge in [0.1, 0.15) is 5.75 Å². The van der Waals surface area contributed by atoms with Crippen LogP contribution in [0.1, 0.15) is 10.4 Å². The highest BCUT2D eigenvalue weighted by atomic mass is 16.7. The molecule has 1 amide bonds. The Morgan fingerprint density at radius 2 is 1.83 bits per heavy atom. The Balaban J connectivity index is 1.56. The van der Waals surface area contributed by atoms with Crippen molar-refractivity contribution in [2.75, 3.05) is 19.2 Å². The smallest absolute Gasteiger partial charge is 0.256 e. The van der Waals surface area contributed by atoms with Gasteiger partial charge in [0.05, 0.1) is 23.9 Å². The molecular formula is C24H18N2O4. The molecule has 0 aliphatic carbocycles. The van der Waals surface area contributed by atoms with Crippen LogP contribution in [-0.2, 0) is 0 Å². The second-order valence-electron chi connectivity index (χ2n) is 6.83. The molecule has 148 valence electrons. The van der Waals surface area contributed by atoms with E-state index < -0.39 is 0 Å². The Hall–Kier alpha value is -4.06. The number of pyridine rings is 1. The molecule has 0 spiro atoms. The van der Waals surface area contributed by atoms with E-state index in [9.17, 15) is 4.79 Å². The van der Waals surface area contributed by atoms with Crippen molar-refractivity contribution in [3.05, 3.63) is 78.4 Å². The van der Waals surface area contributed by atoms with Crippen molar-refractivity contribution in [1.29, 1.82) is 0 Å². The minimum atomic E-state index is -0.225. The zero-order valence-electron chi connectivity index (χ0n) is 16.2. The number of hydrogen-bond donors (Lipinski definition) is 1. The Morgan fingerprint density at radius 3 is 2.73 bits per heavy atom. The van der Waals surface area contributed by atoms with Crippen molar-refractivity contribution in [3.63, 3.8) is 0 Å². The number of hydrogen-bond acceptors (Lipinski definition) is 5. The number of carbonyl (C=O) groups is 1. The molecule has 0 atom stereocenters. The number of nitrogens with zero attached hydrogens (tertiary/aromatic N) is 1. The average molecular weight is 398 g/mol. The van der Waals surface area contributed by atoms with Gasteiger partial charge in [0.25, 0.3) is 5.91 Å². The third kappa shape index (κ3) is 3.28. The highest BCUT2D eigenvalue weighted by Crippen LogP contribution is 2.34. The summed E-state index contributed by atoms with van der Waals surface area (Å²) in [6.07, 6.45) is 0. The molecule has 0 bridgehead atoms. The zero-order chi connectivity index (χ0) is 20.5. The summed E-state index contributed by atoms with van der Waals surface area (Å²) in [6, 6.07) is 22.3. The normalized spacial score (nSPS) is 12.0. The summed E-state index contributed by atoms with van der Waals surface area (Å²) in [4.78, 5) is 17.9. The average Bonchev–Trinajstić information content (AvgIpc) is 3.26. The van der Waals surface area contributed by atoms with Gasteiger partial charge in [-0.2, -0.15) is 0 Å². The topological polar surface area (TPSA) is 69.7 Å². The number of rotatable bonds is 4. The fraction of sp³-hybridized carbons (Fsp3) is 0.0833. The van der Waals surface area contributed by atoms with Gasteiger partial charge in [0.2, 0.25) is 6.79 Å². The van der Waals surface area contributed by atoms with Crippen LogP contribution < -0.4 is 19.5 Å².